The van der Waals surface area contributed by atoms with Gasteiger partial charge in [-0.1, -0.05) is 65.9 Å². The van der Waals surface area contributed by atoms with Crippen molar-refractivity contribution in [2.75, 3.05) is 44.3 Å². The Bertz CT molecular complexity index is 1300. The summed E-state index contributed by atoms with van der Waals surface area (Å²) in [6, 6.07) is 18.6. The summed E-state index contributed by atoms with van der Waals surface area (Å²) in [5.41, 5.74) is 4.97. The summed E-state index contributed by atoms with van der Waals surface area (Å²) in [6.07, 6.45) is 1.88. The SMILES string of the molecule is O=C(NO)C1(S(=O)(=O)N2CCN(c3ncc(-c4ccc(-c5ccccc5)cc4)s3)CC2)CCOCC1. The maximum Gasteiger partial charge on any atom is 0.266 e. The number of piperazine rings is 1. The molecule has 1 amide bonds. The van der Waals surface area contributed by atoms with E-state index in [4.69, 9.17) is 4.74 Å². The lowest BCUT2D eigenvalue weighted by atomic mass is 9.98. The molecule has 2 aliphatic heterocycles. The Hall–Kier alpha value is -2.83. The fraction of sp³-hybridized carbons (Fsp3) is 0.360. The van der Waals surface area contributed by atoms with Crippen LogP contribution in [0, 0.1) is 0 Å². The number of benzene rings is 2. The van der Waals surface area contributed by atoms with Crippen LogP contribution in [0.25, 0.3) is 21.6 Å². The first-order valence-corrected chi connectivity index (χ1v) is 14.1. The number of hydroxylamine groups is 1. The predicted molar refractivity (Wildman–Crippen MR) is 138 cm³/mol. The number of sulfonamides is 1. The number of thiazole rings is 1. The Kier molecular flexibility index (Phi) is 7.09. The first-order chi connectivity index (χ1) is 17.4. The molecule has 3 aromatic rings. The van der Waals surface area contributed by atoms with Crippen LogP contribution in [0.15, 0.2) is 60.8 Å². The topological polar surface area (TPSA) is 112 Å². The fourth-order valence-corrected chi connectivity index (χ4v) is 7.85. The molecule has 9 nitrogen and oxygen atoms in total. The van der Waals surface area contributed by atoms with E-state index in [1.807, 2.05) is 24.4 Å². The monoisotopic (exact) mass is 528 g/mol. The average molecular weight is 529 g/mol. The molecule has 0 radical (unpaired) electrons. The van der Waals surface area contributed by atoms with Gasteiger partial charge in [0.15, 0.2) is 9.88 Å². The summed E-state index contributed by atoms with van der Waals surface area (Å²) in [4.78, 5) is 20.2. The van der Waals surface area contributed by atoms with Crippen LogP contribution in [-0.4, -0.2) is 73.0 Å². The number of anilines is 1. The number of nitrogens with one attached hydrogen (secondary N) is 1. The number of amides is 1. The zero-order chi connectivity index (χ0) is 25.2. The van der Waals surface area contributed by atoms with E-state index in [2.05, 4.69) is 46.3 Å². The zero-order valence-corrected chi connectivity index (χ0v) is 21.3. The summed E-state index contributed by atoms with van der Waals surface area (Å²) in [5, 5.41) is 10.1. The van der Waals surface area contributed by atoms with Gasteiger partial charge in [0.05, 0.1) is 4.88 Å². The molecule has 0 unspecified atom stereocenters. The summed E-state index contributed by atoms with van der Waals surface area (Å²) in [7, 11) is -3.99. The average Bonchev–Trinajstić information content (AvgIpc) is 3.44. The molecule has 0 spiro atoms. The number of rotatable bonds is 6. The van der Waals surface area contributed by atoms with E-state index < -0.39 is 20.7 Å². The second-order valence-electron chi connectivity index (χ2n) is 8.89. The van der Waals surface area contributed by atoms with E-state index in [-0.39, 0.29) is 39.1 Å². The lowest BCUT2D eigenvalue weighted by Crippen LogP contribution is -2.62. The largest absolute Gasteiger partial charge is 0.381 e. The summed E-state index contributed by atoms with van der Waals surface area (Å²) in [5.74, 6) is -0.893. The van der Waals surface area contributed by atoms with Crippen molar-refractivity contribution >= 4 is 32.4 Å². The van der Waals surface area contributed by atoms with Gasteiger partial charge in [0.2, 0.25) is 10.0 Å². The second-order valence-corrected chi connectivity index (χ2v) is 12.1. The lowest BCUT2D eigenvalue weighted by molar-refractivity contribution is -0.134. The van der Waals surface area contributed by atoms with E-state index in [0.29, 0.717) is 13.1 Å². The molecule has 190 valence electrons. The molecule has 0 bridgehead atoms. The number of aromatic nitrogens is 1. The Morgan fingerprint density at radius 1 is 0.944 bits per heavy atom. The summed E-state index contributed by atoms with van der Waals surface area (Å²) >= 11 is 1.57. The normalized spacial score (nSPS) is 18.6. The molecule has 0 atom stereocenters. The minimum atomic E-state index is -3.99. The van der Waals surface area contributed by atoms with Crippen LogP contribution in [-0.2, 0) is 19.6 Å². The molecule has 11 heteroatoms. The first-order valence-electron chi connectivity index (χ1n) is 11.8. The van der Waals surface area contributed by atoms with Crippen molar-refractivity contribution in [1.29, 1.82) is 0 Å². The highest BCUT2D eigenvalue weighted by molar-refractivity contribution is 7.91. The number of hydrogen-bond acceptors (Lipinski definition) is 8. The molecular formula is C25H28N4O5S2. The number of carbonyl (C=O) groups is 1. The molecule has 2 aromatic carbocycles. The zero-order valence-electron chi connectivity index (χ0n) is 19.7. The van der Waals surface area contributed by atoms with Crippen molar-refractivity contribution in [1.82, 2.24) is 14.8 Å². The smallest absolute Gasteiger partial charge is 0.266 e. The molecule has 2 saturated heterocycles. The van der Waals surface area contributed by atoms with Crippen LogP contribution < -0.4 is 10.4 Å². The molecule has 1 aromatic heterocycles. The molecular weight excluding hydrogens is 500 g/mol. The molecule has 2 N–H and O–H groups in total. The van der Waals surface area contributed by atoms with Gasteiger partial charge < -0.3 is 9.64 Å². The van der Waals surface area contributed by atoms with Crippen molar-refractivity contribution in [3.63, 3.8) is 0 Å². The Morgan fingerprint density at radius 2 is 1.56 bits per heavy atom. The quantitative estimate of drug-likeness (QED) is 0.374. The van der Waals surface area contributed by atoms with Gasteiger partial charge in [-0.05, 0) is 16.7 Å². The van der Waals surface area contributed by atoms with E-state index in [1.165, 1.54) is 9.87 Å². The molecule has 36 heavy (non-hydrogen) atoms. The highest BCUT2D eigenvalue weighted by Gasteiger charge is 2.54. The summed E-state index contributed by atoms with van der Waals surface area (Å²) in [6.45, 7) is 1.72. The van der Waals surface area contributed by atoms with Crippen LogP contribution in [0.3, 0.4) is 0 Å². The maximum absolute atomic E-state index is 13.5. The number of ether oxygens (including phenoxy) is 1. The van der Waals surface area contributed by atoms with Gasteiger partial charge in [-0.2, -0.15) is 4.31 Å². The van der Waals surface area contributed by atoms with Gasteiger partial charge in [-0.25, -0.2) is 18.9 Å². The first kappa shape index (κ1) is 24.8. The number of hydrogen-bond donors (Lipinski definition) is 2. The van der Waals surface area contributed by atoms with Crippen molar-refractivity contribution in [3.05, 3.63) is 60.8 Å². The Balaban J connectivity index is 1.26. The van der Waals surface area contributed by atoms with E-state index >= 15 is 0 Å². The third kappa shape index (κ3) is 4.53. The third-order valence-electron chi connectivity index (χ3n) is 6.93. The highest BCUT2D eigenvalue weighted by Crippen LogP contribution is 2.36. The van der Waals surface area contributed by atoms with Gasteiger partial charge in [0.25, 0.3) is 5.91 Å². The lowest BCUT2D eigenvalue weighted by Gasteiger charge is -2.41. The van der Waals surface area contributed by atoms with Gasteiger partial charge in [-0.15, -0.1) is 0 Å². The highest BCUT2D eigenvalue weighted by atomic mass is 32.2. The van der Waals surface area contributed by atoms with Gasteiger partial charge in [0, 0.05) is 58.4 Å². The van der Waals surface area contributed by atoms with Gasteiger partial charge in [0.1, 0.15) is 0 Å². The fourth-order valence-electron chi connectivity index (χ4n) is 4.77. The Morgan fingerprint density at radius 3 is 2.19 bits per heavy atom. The standard InChI is InChI=1S/C25H28N4O5S2/c30-23(27-31)25(10-16-34-17-11-25)36(32,33)29-14-12-28(13-15-29)24-26-18-22(35-24)21-8-6-20(7-9-21)19-4-2-1-3-5-19/h1-9,18,31H,10-17H2,(H,27,30). The van der Waals surface area contributed by atoms with Crippen molar-refractivity contribution in [2.45, 2.75) is 17.6 Å². The van der Waals surface area contributed by atoms with Gasteiger partial charge >= 0.3 is 0 Å². The molecule has 2 aliphatic rings. The number of nitrogens with zero attached hydrogens (tertiary/aromatic N) is 3. The third-order valence-corrected chi connectivity index (χ3v) is 10.7. The minimum absolute atomic E-state index is 0.0147. The molecule has 2 fully saturated rings. The van der Waals surface area contributed by atoms with Crippen LogP contribution in [0.4, 0.5) is 5.13 Å². The van der Waals surface area contributed by atoms with Crippen LogP contribution >= 0.6 is 11.3 Å². The van der Waals surface area contributed by atoms with Crippen molar-refractivity contribution in [3.8, 4) is 21.6 Å². The molecule has 0 saturated carbocycles. The molecule has 3 heterocycles. The van der Waals surface area contributed by atoms with E-state index in [0.717, 1.165) is 21.1 Å². The van der Waals surface area contributed by atoms with Gasteiger partial charge in [-0.3, -0.25) is 10.0 Å². The van der Waals surface area contributed by atoms with Crippen molar-refractivity contribution in [2.24, 2.45) is 0 Å². The number of carbonyl (C=O) groups excluding carboxylic acids is 1. The van der Waals surface area contributed by atoms with E-state index in [9.17, 15) is 18.4 Å². The summed E-state index contributed by atoms with van der Waals surface area (Å²) < 4.78 is 31.9. The van der Waals surface area contributed by atoms with E-state index in [1.54, 1.807) is 16.8 Å². The molecule has 0 aliphatic carbocycles. The van der Waals surface area contributed by atoms with Crippen molar-refractivity contribution < 1.29 is 23.2 Å². The maximum atomic E-state index is 13.5. The molecule has 5 rings (SSSR count). The minimum Gasteiger partial charge on any atom is -0.381 e. The van der Waals surface area contributed by atoms with Crippen LogP contribution in [0.5, 0.6) is 0 Å². The van der Waals surface area contributed by atoms with Crippen LogP contribution in [0.2, 0.25) is 0 Å². The Labute approximate surface area is 214 Å². The second kappa shape index (κ2) is 10.3. The predicted octanol–water partition coefficient (Wildman–Crippen LogP) is 2.98. The van der Waals surface area contributed by atoms with Crippen LogP contribution in [0.1, 0.15) is 12.8 Å².